The summed E-state index contributed by atoms with van der Waals surface area (Å²) >= 11 is 0. The van der Waals surface area contributed by atoms with Crippen LogP contribution in [0.25, 0.3) is 0 Å². The number of likely N-dealkylation sites (tertiary alicyclic amines) is 1. The summed E-state index contributed by atoms with van der Waals surface area (Å²) in [5.41, 5.74) is 0.875. The maximum Gasteiger partial charge on any atom is 0.240 e. The zero-order chi connectivity index (χ0) is 20.2. The highest BCUT2D eigenvalue weighted by Crippen LogP contribution is 2.37. The van der Waals surface area contributed by atoms with Crippen LogP contribution in [-0.2, 0) is 20.9 Å². The van der Waals surface area contributed by atoms with Gasteiger partial charge in [-0.05, 0) is 42.7 Å². The first-order valence-electron chi connectivity index (χ1n) is 10.1. The molecule has 2 unspecified atom stereocenters. The van der Waals surface area contributed by atoms with E-state index in [2.05, 4.69) is 5.32 Å². The fraction of sp³-hybridized carbons (Fsp3) is 0.348. The number of hydrogen-bond donors (Lipinski definition) is 1. The van der Waals surface area contributed by atoms with Crippen LogP contribution in [0.3, 0.4) is 0 Å². The molecule has 2 aromatic rings. The van der Waals surface area contributed by atoms with Gasteiger partial charge in [0.15, 0.2) is 0 Å². The van der Waals surface area contributed by atoms with E-state index in [4.69, 9.17) is 4.74 Å². The number of fused-ring (bicyclic) bond motifs is 1. The maximum atomic E-state index is 12.5. The minimum absolute atomic E-state index is 0.187. The molecule has 2 atom stereocenters. The van der Waals surface area contributed by atoms with Crippen molar-refractivity contribution in [1.29, 1.82) is 0 Å². The van der Waals surface area contributed by atoms with Gasteiger partial charge in [-0.2, -0.15) is 0 Å². The van der Waals surface area contributed by atoms with E-state index in [0.29, 0.717) is 12.3 Å². The van der Waals surface area contributed by atoms with Crippen molar-refractivity contribution in [3.8, 4) is 11.5 Å². The Kier molecular flexibility index (Phi) is 5.60. The third kappa shape index (κ3) is 4.31. The Morgan fingerprint density at radius 3 is 2.28 bits per heavy atom. The standard InChI is InChI=1S/C23H24N2O4/c26-21(15-25-22(27)19-11-4-5-12-20(19)23(25)28)24-14-16-7-6-10-18(13-16)29-17-8-2-1-3-9-17/h1-3,6-10,13,19-20H,4-5,11-12,14-15H2,(H,24,26). The maximum absolute atomic E-state index is 12.5. The van der Waals surface area contributed by atoms with Crippen molar-refractivity contribution in [2.24, 2.45) is 11.8 Å². The number of ether oxygens (including phenoxy) is 1. The van der Waals surface area contributed by atoms with Crippen molar-refractivity contribution in [3.05, 3.63) is 60.2 Å². The first-order chi connectivity index (χ1) is 14.1. The van der Waals surface area contributed by atoms with Gasteiger partial charge in [-0.25, -0.2) is 0 Å². The fourth-order valence-electron chi connectivity index (χ4n) is 4.13. The molecule has 2 aromatic carbocycles. The molecule has 2 aliphatic rings. The quantitative estimate of drug-likeness (QED) is 0.766. The summed E-state index contributed by atoms with van der Waals surface area (Å²) in [6.45, 7) is 0.0960. The van der Waals surface area contributed by atoms with Gasteiger partial charge in [0.2, 0.25) is 17.7 Å². The van der Waals surface area contributed by atoms with Crippen molar-refractivity contribution in [1.82, 2.24) is 10.2 Å². The largest absolute Gasteiger partial charge is 0.457 e. The van der Waals surface area contributed by atoms with Gasteiger partial charge >= 0.3 is 0 Å². The number of imide groups is 1. The van der Waals surface area contributed by atoms with Crippen LogP contribution in [0.2, 0.25) is 0 Å². The number of rotatable bonds is 6. The lowest BCUT2D eigenvalue weighted by Gasteiger charge is -2.19. The number of carbonyl (C=O) groups excluding carboxylic acids is 3. The van der Waals surface area contributed by atoms with E-state index in [1.54, 1.807) is 0 Å². The second kappa shape index (κ2) is 8.47. The predicted octanol–water partition coefficient (Wildman–Crippen LogP) is 3.27. The van der Waals surface area contributed by atoms with Gasteiger partial charge in [0.05, 0.1) is 11.8 Å². The summed E-state index contributed by atoms with van der Waals surface area (Å²) in [5.74, 6) is 0.255. The van der Waals surface area contributed by atoms with Gasteiger partial charge in [0.25, 0.3) is 0 Å². The molecular weight excluding hydrogens is 368 g/mol. The average molecular weight is 392 g/mol. The molecule has 0 bridgehead atoms. The molecule has 0 aromatic heterocycles. The summed E-state index contributed by atoms with van der Waals surface area (Å²) in [5, 5.41) is 2.80. The molecule has 1 saturated carbocycles. The van der Waals surface area contributed by atoms with Gasteiger partial charge in [-0.15, -0.1) is 0 Å². The van der Waals surface area contributed by atoms with Crippen molar-refractivity contribution < 1.29 is 19.1 Å². The van der Waals surface area contributed by atoms with Gasteiger partial charge in [-0.1, -0.05) is 43.2 Å². The van der Waals surface area contributed by atoms with E-state index in [0.717, 1.165) is 41.9 Å². The lowest BCUT2D eigenvalue weighted by molar-refractivity contribution is -0.143. The Morgan fingerprint density at radius 1 is 0.931 bits per heavy atom. The molecule has 3 amide bonds. The van der Waals surface area contributed by atoms with Crippen LogP contribution in [0.15, 0.2) is 54.6 Å². The summed E-state index contributed by atoms with van der Waals surface area (Å²) in [7, 11) is 0. The van der Waals surface area contributed by atoms with Crippen molar-refractivity contribution in [3.63, 3.8) is 0 Å². The lowest BCUT2D eigenvalue weighted by Crippen LogP contribution is -2.40. The monoisotopic (exact) mass is 392 g/mol. The summed E-state index contributed by atoms with van der Waals surface area (Å²) in [6.07, 6.45) is 3.45. The van der Waals surface area contributed by atoms with Crippen molar-refractivity contribution in [2.75, 3.05) is 6.54 Å². The number of amides is 3. The normalized spacial score (nSPS) is 21.0. The highest BCUT2D eigenvalue weighted by atomic mass is 16.5. The van der Waals surface area contributed by atoms with Gasteiger partial charge < -0.3 is 10.1 Å². The molecule has 1 saturated heterocycles. The third-order valence-corrected chi connectivity index (χ3v) is 5.60. The van der Waals surface area contributed by atoms with Crippen LogP contribution in [0.5, 0.6) is 11.5 Å². The lowest BCUT2D eigenvalue weighted by atomic mass is 9.81. The molecule has 4 rings (SSSR count). The minimum Gasteiger partial charge on any atom is -0.457 e. The molecule has 1 aliphatic carbocycles. The van der Waals surface area contributed by atoms with Crippen LogP contribution >= 0.6 is 0 Å². The van der Waals surface area contributed by atoms with Gasteiger partial charge in [0, 0.05) is 6.54 Å². The summed E-state index contributed by atoms with van der Waals surface area (Å²) in [4.78, 5) is 38.5. The van der Waals surface area contributed by atoms with Crippen LogP contribution < -0.4 is 10.1 Å². The van der Waals surface area contributed by atoms with E-state index < -0.39 is 0 Å². The van der Waals surface area contributed by atoms with Gasteiger partial charge in [0.1, 0.15) is 18.0 Å². The Labute approximate surface area is 169 Å². The molecule has 0 radical (unpaired) electrons. The number of carbonyl (C=O) groups is 3. The number of benzene rings is 2. The molecule has 6 nitrogen and oxygen atoms in total. The SMILES string of the molecule is O=C(CN1C(=O)C2CCCCC2C1=O)NCc1cccc(Oc2ccccc2)c1. The number of para-hydroxylation sites is 1. The highest BCUT2D eigenvalue weighted by molar-refractivity contribution is 6.07. The van der Waals surface area contributed by atoms with E-state index in [-0.39, 0.29) is 36.1 Å². The fourth-order valence-corrected chi connectivity index (χ4v) is 4.13. The first-order valence-corrected chi connectivity index (χ1v) is 10.1. The van der Waals surface area contributed by atoms with E-state index in [1.165, 1.54) is 0 Å². The Morgan fingerprint density at radius 2 is 1.59 bits per heavy atom. The minimum atomic E-state index is -0.334. The summed E-state index contributed by atoms with van der Waals surface area (Å²) < 4.78 is 5.81. The molecule has 150 valence electrons. The van der Waals surface area contributed by atoms with E-state index in [1.807, 2.05) is 54.6 Å². The molecule has 2 fully saturated rings. The first kappa shape index (κ1) is 19.2. The Balaban J connectivity index is 1.32. The second-order valence-electron chi connectivity index (χ2n) is 7.60. The highest BCUT2D eigenvalue weighted by Gasteiger charge is 2.48. The summed E-state index contributed by atoms with van der Waals surface area (Å²) in [6, 6.07) is 16.9. The van der Waals surface area contributed by atoms with Crippen LogP contribution in [0.4, 0.5) is 0 Å². The molecule has 1 N–H and O–H groups in total. The predicted molar refractivity (Wildman–Crippen MR) is 107 cm³/mol. The Bertz CT molecular complexity index is 888. The third-order valence-electron chi connectivity index (χ3n) is 5.60. The van der Waals surface area contributed by atoms with E-state index >= 15 is 0 Å². The molecular formula is C23H24N2O4. The molecule has 6 heteroatoms. The van der Waals surface area contributed by atoms with E-state index in [9.17, 15) is 14.4 Å². The number of nitrogens with zero attached hydrogens (tertiary/aromatic N) is 1. The average Bonchev–Trinajstić information content (AvgIpc) is 2.98. The van der Waals surface area contributed by atoms with Crippen LogP contribution in [0.1, 0.15) is 31.2 Å². The molecule has 29 heavy (non-hydrogen) atoms. The van der Waals surface area contributed by atoms with Crippen LogP contribution in [-0.4, -0.2) is 29.2 Å². The zero-order valence-electron chi connectivity index (χ0n) is 16.2. The van der Waals surface area contributed by atoms with Crippen molar-refractivity contribution >= 4 is 17.7 Å². The number of nitrogens with one attached hydrogen (secondary N) is 1. The second-order valence-corrected chi connectivity index (χ2v) is 7.60. The Hall–Kier alpha value is -3.15. The zero-order valence-corrected chi connectivity index (χ0v) is 16.2. The topological polar surface area (TPSA) is 75.7 Å². The molecule has 0 spiro atoms. The smallest absolute Gasteiger partial charge is 0.240 e. The van der Waals surface area contributed by atoms with Crippen LogP contribution in [0, 0.1) is 11.8 Å². The van der Waals surface area contributed by atoms with Crippen molar-refractivity contribution in [2.45, 2.75) is 32.2 Å². The van der Waals surface area contributed by atoms with Gasteiger partial charge in [-0.3, -0.25) is 19.3 Å². The molecule has 1 heterocycles. The number of hydrogen-bond acceptors (Lipinski definition) is 4. The molecule has 1 aliphatic heterocycles.